The Morgan fingerprint density at radius 1 is 1.24 bits per heavy atom. The number of nitrogens with zero attached hydrogens (tertiary/aromatic N) is 1. The number of fused-ring (bicyclic) bond motifs is 1. The van der Waals surface area contributed by atoms with E-state index in [1.165, 1.54) is 0 Å². The molecule has 0 radical (unpaired) electrons. The van der Waals surface area contributed by atoms with Gasteiger partial charge in [-0.2, -0.15) is 0 Å². The highest BCUT2D eigenvalue weighted by Crippen LogP contribution is 2.37. The second kappa shape index (κ2) is 4.19. The molecule has 1 aromatic heterocycles. The second-order valence-corrected chi connectivity index (χ2v) is 5.45. The summed E-state index contributed by atoms with van der Waals surface area (Å²) in [6.07, 6.45) is 1.84. The maximum absolute atomic E-state index is 6.14. The number of hydrogen-bond donors (Lipinski definition) is 0. The molecule has 0 amide bonds. The van der Waals surface area contributed by atoms with E-state index in [2.05, 4.69) is 25.8 Å². The van der Waals surface area contributed by atoms with Gasteiger partial charge in [0.05, 0.1) is 7.11 Å². The largest absolute Gasteiger partial charge is 0.496 e. The number of halogens is 1. The fraction of sp³-hybridized carbons (Fsp3) is 0.357. The first-order valence-electron chi connectivity index (χ1n) is 5.57. The summed E-state index contributed by atoms with van der Waals surface area (Å²) in [6.45, 7) is 6.47. The lowest BCUT2D eigenvalue weighted by Crippen LogP contribution is -2.12. The number of hydrogen-bond acceptors (Lipinski definition) is 2. The van der Waals surface area contributed by atoms with Gasteiger partial charge >= 0.3 is 0 Å². The Kier molecular flexibility index (Phi) is 3.00. The van der Waals surface area contributed by atoms with Crippen molar-refractivity contribution < 1.29 is 4.74 Å². The molecular formula is C14H16ClNO. The minimum absolute atomic E-state index is 0.00444. The summed E-state index contributed by atoms with van der Waals surface area (Å²) in [5.41, 5.74) is 1.15. The molecule has 0 bridgehead atoms. The highest BCUT2D eigenvalue weighted by atomic mass is 35.5. The molecule has 0 unspecified atom stereocenters. The van der Waals surface area contributed by atoms with Crippen molar-refractivity contribution >= 4 is 22.4 Å². The Labute approximate surface area is 107 Å². The molecule has 0 aliphatic rings. The summed E-state index contributed by atoms with van der Waals surface area (Å²) < 4.78 is 5.43. The predicted octanol–water partition coefficient (Wildman–Crippen LogP) is 4.19. The van der Waals surface area contributed by atoms with Crippen LogP contribution in [0.25, 0.3) is 10.8 Å². The Balaban J connectivity index is 2.91. The molecule has 0 saturated carbocycles. The van der Waals surface area contributed by atoms with Crippen molar-refractivity contribution in [1.82, 2.24) is 4.98 Å². The molecule has 3 heteroatoms. The first-order chi connectivity index (χ1) is 7.95. The minimum atomic E-state index is 0.00444. The fourth-order valence-electron chi connectivity index (χ4n) is 1.97. The Morgan fingerprint density at radius 2 is 1.94 bits per heavy atom. The third-order valence-electron chi connectivity index (χ3n) is 2.85. The van der Waals surface area contributed by atoms with Crippen molar-refractivity contribution in [2.45, 2.75) is 26.2 Å². The lowest BCUT2D eigenvalue weighted by Gasteiger charge is -2.22. The molecule has 0 N–H and O–H groups in total. The van der Waals surface area contributed by atoms with Gasteiger partial charge in [0.2, 0.25) is 0 Å². The van der Waals surface area contributed by atoms with Gasteiger partial charge in [-0.1, -0.05) is 44.5 Å². The molecule has 17 heavy (non-hydrogen) atoms. The normalized spacial score (nSPS) is 11.8. The van der Waals surface area contributed by atoms with Crippen LogP contribution in [0, 0.1) is 0 Å². The van der Waals surface area contributed by atoms with Gasteiger partial charge in [0.15, 0.2) is 0 Å². The topological polar surface area (TPSA) is 22.1 Å². The summed E-state index contributed by atoms with van der Waals surface area (Å²) in [6, 6.07) is 5.86. The number of pyridine rings is 1. The summed E-state index contributed by atoms with van der Waals surface area (Å²) >= 11 is 6.14. The first-order valence-corrected chi connectivity index (χ1v) is 5.94. The average molecular weight is 250 g/mol. The SMILES string of the molecule is COc1cccc2c(Cl)ncc(C(C)(C)C)c12. The van der Waals surface area contributed by atoms with E-state index in [0.29, 0.717) is 5.15 Å². The molecule has 90 valence electrons. The number of ether oxygens (including phenoxy) is 1. The lowest BCUT2D eigenvalue weighted by atomic mass is 9.85. The van der Waals surface area contributed by atoms with Crippen LogP contribution in [0.5, 0.6) is 5.75 Å². The monoisotopic (exact) mass is 249 g/mol. The van der Waals surface area contributed by atoms with Crippen molar-refractivity contribution in [2.75, 3.05) is 7.11 Å². The maximum Gasteiger partial charge on any atom is 0.136 e. The highest BCUT2D eigenvalue weighted by molar-refractivity contribution is 6.34. The molecule has 2 rings (SSSR count). The van der Waals surface area contributed by atoms with Crippen LogP contribution in [0.4, 0.5) is 0 Å². The van der Waals surface area contributed by atoms with Crippen molar-refractivity contribution in [1.29, 1.82) is 0 Å². The Hall–Kier alpha value is -1.28. The zero-order valence-electron chi connectivity index (χ0n) is 10.5. The summed E-state index contributed by atoms with van der Waals surface area (Å²) in [5, 5.41) is 2.52. The first kappa shape index (κ1) is 12.2. The van der Waals surface area contributed by atoms with Crippen LogP contribution in [0.1, 0.15) is 26.3 Å². The Bertz CT molecular complexity index is 558. The molecule has 0 atom stereocenters. The second-order valence-electron chi connectivity index (χ2n) is 5.10. The molecule has 0 fully saturated rings. The molecule has 2 nitrogen and oxygen atoms in total. The molecule has 0 saturated heterocycles. The van der Waals surface area contributed by atoms with Gasteiger partial charge in [-0.15, -0.1) is 0 Å². The van der Waals surface area contributed by atoms with E-state index < -0.39 is 0 Å². The third-order valence-corrected chi connectivity index (χ3v) is 3.15. The molecule has 0 spiro atoms. The van der Waals surface area contributed by atoms with E-state index in [4.69, 9.17) is 16.3 Å². The quantitative estimate of drug-likeness (QED) is 0.707. The van der Waals surface area contributed by atoms with Crippen molar-refractivity contribution in [3.63, 3.8) is 0 Å². The van der Waals surface area contributed by atoms with E-state index in [0.717, 1.165) is 22.1 Å². The molecule has 1 aromatic carbocycles. The third kappa shape index (κ3) is 2.09. The maximum atomic E-state index is 6.14. The molecule has 0 aliphatic carbocycles. The van der Waals surface area contributed by atoms with E-state index >= 15 is 0 Å². The van der Waals surface area contributed by atoms with Crippen molar-refractivity contribution in [2.24, 2.45) is 0 Å². The van der Waals surface area contributed by atoms with Gasteiger partial charge in [-0.25, -0.2) is 4.98 Å². The van der Waals surface area contributed by atoms with Crippen LogP contribution >= 0.6 is 11.6 Å². The number of aromatic nitrogens is 1. The summed E-state index contributed by atoms with van der Waals surface area (Å²) in [4.78, 5) is 4.26. The lowest BCUT2D eigenvalue weighted by molar-refractivity contribution is 0.418. The van der Waals surface area contributed by atoms with Gasteiger partial charge in [0.25, 0.3) is 0 Å². The van der Waals surface area contributed by atoms with Gasteiger partial charge in [-0.05, 0) is 17.0 Å². The van der Waals surface area contributed by atoms with Crippen molar-refractivity contribution in [3.8, 4) is 5.75 Å². The van der Waals surface area contributed by atoms with E-state index in [1.54, 1.807) is 7.11 Å². The molecule has 1 heterocycles. The molecular weight excluding hydrogens is 234 g/mol. The van der Waals surface area contributed by atoms with Crippen LogP contribution in [0.15, 0.2) is 24.4 Å². The smallest absolute Gasteiger partial charge is 0.136 e. The van der Waals surface area contributed by atoms with Gasteiger partial charge in [0, 0.05) is 17.0 Å². The van der Waals surface area contributed by atoms with Gasteiger partial charge in [0.1, 0.15) is 10.9 Å². The Morgan fingerprint density at radius 3 is 2.53 bits per heavy atom. The van der Waals surface area contributed by atoms with E-state index in [1.807, 2.05) is 24.4 Å². The van der Waals surface area contributed by atoms with Crippen LogP contribution in [-0.4, -0.2) is 12.1 Å². The molecule has 2 aromatic rings. The van der Waals surface area contributed by atoms with Crippen LogP contribution < -0.4 is 4.74 Å². The number of benzene rings is 1. The van der Waals surface area contributed by atoms with Crippen molar-refractivity contribution in [3.05, 3.63) is 35.1 Å². The van der Waals surface area contributed by atoms with Gasteiger partial charge < -0.3 is 4.74 Å². The summed E-state index contributed by atoms with van der Waals surface area (Å²) in [5.74, 6) is 0.844. The van der Waals surface area contributed by atoms with Gasteiger partial charge in [-0.3, -0.25) is 0 Å². The van der Waals surface area contributed by atoms with E-state index in [-0.39, 0.29) is 5.41 Å². The molecule has 0 aliphatic heterocycles. The number of rotatable bonds is 1. The zero-order chi connectivity index (χ0) is 12.6. The fourth-order valence-corrected chi connectivity index (χ4v) is 2.18. The average Bonchev–Trinajstić information content (AvgIpc) is 2.27. The predicted molar refractivity (Wildman–Crippen MR) is 72.0 cm³/mol. The van der Waals surface area contributed by atoms with Crippen LogP contribution in [0.2, 0.25) is 5.15 Å². The number of methoxy groups -OCH3 is 1. The highest BCUT2D eigenvalue weighted by Gasteiger charge is 2.20. The zero-order valence-corrected chi connectivity index (χ0v) is 11.3. The standard InChI is InChI=1S/C14H16ClNO/c1-14(2,3)10-8-16-13(15)9-6-5-7-11(17-4)12(9)10/h5-8H,1-4H3. The minimum Gasteiger partial charge on any atom is -0.496 e. The summed E-state index contributed by atoms with van der Waals surface area (Å²) in [7, 11) is 1.68. The van der Waals surface area contributed by atoms with Crippen LogP contribution in [0.3, 0.4) is 0 Å². The van der Waals surface area contributed by atoms with Crippen LogP contribution in [-0.2, 0) is 5.41 Å². The van der Waals surface area contributed by atoms with E-state index in [9.17, 15) is 0 Å².